The molecule has 0 amide bonds. The van der Waals surface area contributed by atoms with E-state index in [1.165, 1.54) is 6.07 Å². The number of nitrogens with two attached hydrogens (primary N) is 1. The number of benzene rings is 1. The molecule has 0 saturated carbocycles. The Hall–Kier alpha value is -1.07. The molecule has 15 heavy (non-hydrogen) atoms. The lowest BCUT2D eigenvalue weighted by atomic mass is 10.0. The molecule has 1 aromatic carbocycles. The highest BCUT2D eigenvalue weighted by molar-refractivity contribution is 7.86. The van der Waals surface area contributed by atoms with Gasteiger partial charge >= 0.3 is 0 Å². The third-order valence-electron chi connectivity index (χ3n) is 2.00. The molecule has 0 unspecified atom stereocenters. The Morgan fingerprint density at radius 2 is 2.00 bits per heavy atom. The van der Waals surface area contributed by atoms with Gasteiger partial charge in [-0.05, 0) is 30.0 Å². The molecule has 0 bridgehead atoms. The van der Waals surface area contributed by atoms with Gasteiger partial charge in [0.15, 0.2) is 0 Å². The molecule has 0 saturated heterocycles. The SMILES string of the molecule is CC(C)Cc1ccc(S(=O)(=O)O)c(N)c1. The lowest BCUT2D eigenvalue weighted by Crippen LogP contribution is -2.04. The van der Waals surface area contributed by atoms with Gasteiger partial charge in [0, 0.05) is 0 Å². The lowest BCUT2D eigenvalue weighted by Gasteiger charge is -2.07. The van der Waals surface area contributed by atoms with E-state index < -0.39 is 10.1 Å². The van der Waals surface area contributed by atoms with Gasteiger partial charge in [0.2, 0.25) is 0 Å². The molecule has 0 aliphatic rings. The van der Waals surface area contributed by atoms with Gasteiger partial charge in [0.1, 0.15) is 4.90 Å². The molecule has 4 nitrogen and oxygen atoms in total. The summed E-state index contributed by atoms with van der Waals surface area (Å²) < 4.78 is 30.6. The first kappa shape index (κ1) is 12.0. The molecule has 0 fully saturated rings. The second-order valence-corrected chi connectivity index (χ2v) is 5.34. The van der Waals surface area contributed by atoms with Crippen molar-refractivity contribution < 1.29 is 13.0 Å². The maximum atomic E-state index is 10.9. The van der Waals surface area contributed by atoms with Gasteiger partial charge in [-0.25, -0.2) is 0 Å². The molecule has 3 N–H and O–H groups in total. The minimum absolute atomic E-state index is 0.0932. The van der Waals surface area contributed by atoms with E-state index in [1.807, 2.05) is 0 Å². The molecule has 84 valence electrons. The topological polar surface area (TPSA) is 80.4 Å². The van der Waals surface area contributed by atoms with Gasteiger partial charge < -0.3 is 5.73 Å². The fourth-order valence-electron chi connectivity index (χ4n) is 1.43. The lowest BCUT2D eigenvalue weighted by molar-refractivity contribution is 0.483. The number of anilines is 1. The predicted molar refractivity (Wildman–Crippen MR) is 59.2 cm³/mol. The normalized spacial score (nSPS) is 12.0. The largest absolute Gasteiger partial charge is 0.398 e. The molecule has 0 aliphatic carbocycles. The average Bonchev–Trinajstić information content (AvgIpc) is 1.99. The number of hydrogen-bond acceptors (Lipinski definition) is 3. The fraction of sp³-hybridized carbons (Fsp3) is 0.400. The van der Waals surface area contributed by atoms with Gasteiger partial charge in [-0.2, -0.15) is 8.42 Å². The van der Waals surface area contributed by atoms with Crippen molar-refractivity contribution in [1.82, 2.24) is 0 Å². The van der Waals surface area contributed by atoms with Crippen LogP contribution in [0, 0.1) is 5.92 Å². The predicted octanol–water partition coefficient (Wildman–Crippen LogP) is 1.71. The molecule has 0 aromatic heterocycles. The van der Waals surface area contributed by atoms with Crippen LogP contribution in [-0.2, 0) is 16.5 Å². The van der Waals surface area contributed by atoms with Gasteiger partial charge in [0.25, 0.3) is 10.1 Å². The van der Waals surface area contributed by atoms with E-state index in [2.05, 4.69) is 13.8 Å². The standard InChI is InChI=1S/C10H15NO3S/c1-7(2)5-8-3-4-10(9(11)6-8)15(12,13)14/h3-4,6-7H,5,11H2,1-2H3,(H,12,13,14). The van der Waals surface area contributed by atoms with Crippen LogP contribution in [0.15, 0.2) is 23.1 Å². The van der Waals surface area contributed by atoms with Crippen LogP contribution in [0.3, 0.4) is 0 Å². The molecule has 0 heterocycles. The highest BCUT2D eigenvalue weighted by atomic mass is 32.2. The molecule has 0 spiro atoms. The molecular weight excluding hydrogens is 214 g/mol. The van der Waals surface area contributed by atoms with Crippen LogP contribution in [0.2, 0.25) is 0 Å². The summed E-state index contributed by atoms with van der Waals surface area (Å²) >= 11 is 0. The minimum atomic E-state index is -4.20. The smallest absolute Gasteiger partial charge is 0.296 e. The summed E-state index contributed by atoms with van der Waals surface area (Å²) in [6, 6.07) is 4.59. The Morgan fingerprint density at radius 3 is 2.40 bits per heavy atom. The van der Waals surface area contributed by atoms with Crippen LogP contribution in [0.1, 0.15) is 19.4 Å². The number of rotatable bonds is 3. The Morgan fingerprint density at radius 1 is 1.40 bits per heavy atom. The van der Waals surface area contributed by atoms with Gasteiger partial charge in [-0.15, -0.1) is 0 Å². The van der Waals surface area contributed by atoms with Crippen molar-refractivity contribution in [3.05, 3.63) is 23.8 Å². The van der Waals surface area contributed by atoms with E-state index in [4.69, 9.17) is 10.3 Å². The summed E-state index contributed by atoms with van der Waals surface area (Å²) in [5.74, 6) is 0.473. The first-order valence-electron chi connectivity index (χ1n) is 4.66. The Balaban J connectivity index is 3.09. The number of nitrogen functional groups attached to an aromatic ring is 1. The van der Waals surface area contributed by atoms with Crippen molar-refractivity contribution >= 4 is 15.8 Å². The molecule has 0 aliphatic heterocycles. The van der Waals surface area contributed by atoms with Crippen LogP contribution in [0.25, 0.3) is 0 Å². The van der Waals surface area contributed by atoms with Crippen LogP contribution in [0.5, 0.6) is 0 Å². The van der Waals surface area contributed by atoms with Crippen molar-refractivity contribution in [2.24, 2.45) is 5.92 Å². The number of hydrogen-bond donors (Lipinski definition) is 2. The van der Waals surface area contributed by atoms with E-state index in [-0.39, 0.29) is 10.6 Å². The highest BCUT2D eigenvalue weighted by Crippen LogP contribution is 2.20. The molecule has 1 aromatic rings. The van der Waals surface area contributed by atoms with Crippen molar-refractivity contribution in [3.8, 4) is 0 Å². The second-order valence-electron chi connectivity index (χ2n) is 3.95. The van der Waals surface area contributed by atoms with Crippen LogP contribution < -0.4 is 5.73 Å². The summed E-state index contributed by atoms with van der Waals surface area (Å²) in [6.07, 6.45) is 0.829. The van der Waals surface area contributed by atoms with E-state index in [0.717, 1.165) is 12.0 Å². The molecular formula is C10H15NO3S. The first-order chi connectivity index (χ1) is 6.80. The zero-order chi connectivity index (χ0) is 11.6. The Labute approximate surface area is 89.9 Å². The summed E-state index contributed by atoms with van der Waals surface area (Å²) in [6.45, 7) is 4.12. The Bertz CT molecular complexity index is 452. The maximum absolute atomic E-state index is 10.9. The van der Waals surface area contributed by atoms with Gasteiger partial charge in [-0.1, -0.05) is 19.9 Å². The summed E-state index contributed by atoms with van der Waals surface area (Å²) in [5, 5.41) is 0. The van der Waals surface area contributed by atoms with E-state index in [9.17, 15) is 8.42 Å². The molecule has 1 rings (SSSR count). The van der Waals surface area contributed by atoms with Crippen molar-refractivity contribution in [3.63, 3.8) is 0 Å². The van der Waals surface area contributed by atoms with Crippen molar-refractivity contribution in [1.29, 1.82) is 0 Å². The minimum Gasteiger partial charge on any atom is -0.398 e. The van der Waals surface area contributed by atoms with Gasteiger partial charge in [-0.3, -0.25) is 4.55 Å². The fourth-order valence-corrected chi connectivity index (χ4v) is 2.03. The van der Waals surface area contributed by atoms with Crippen molar-refractivity contribution in [2.45, 2.75) is 25.2 Å². The van der Waals surface area contributed by atoms with E-state index in [1.54, 1.807) is 12.1 Å². The molecule has 0 atom stereocenters. The van der Waals surface area contributed by atoms with Crippen LogP contribution in [0.4, 0.5) is 5.69 Å². The Kier molecular flexibility index (Phi) is 3.36. The third-order valence-corrected chi connectivity index (χ3v) is 2.92. The summed E-state index contributed by atoms with van der Waals surface area (Å²) in [7, 11) is -4.20. The third kappa shape index (κ3) is 3.21. The van der Waals surface area contributed by atoms with Crippen molar-refractivity contribution in [2.75, 3.05) is 5.73 Å². The van der Waals surface area contributed by atoms with Crippen LogP contribution in [-0.4, -0.2) is 13.0 Å². The highest BCUT2D eigenvalue weighted by Gasteiger charge is 2.13. The second kappa shape index (κ2) is 4.20. The molecule has 0 radical (unpaired) electrons. The summed E-state index contributed by atoms with van der Waals surface area (Å²) in [4.78, 5) is -0.227. The average molecular weight is 229 g/mol. The quantitative estimate of drug-likeness (QED) is 0.610. The first-order valence-corrected chi connectivity index (χ1v) is 6.10. The molecule has 5 heteroatoms. The van der Waals surface area contributed by atoms with E-state index in [0.29, 0.717) is 5.92 Å². The van der Waals surface area contributed by atoms with Crippen LogP contribution >= 0.6 is 0 Å². The summed E-state index contributed by atoms with van der Waals surface area (Å²) in [5.41, 5.74) is 6.60. The van der Waals surface area contributed by atoms with E-state index >= 15 is 0 Å². The monoisotopic (exact) mass is 229 g/mol. The zero-order valence-electron chi connectivity index (χ0n) is 8.77. The maximum Gasteiger partial charge on any atom is 0.296 e. The zero-order valence-corrected chi connectivity index (χ0v) is 9.58. The van der Waals surface area contributed by atoms with Gasteiger partial charge in [0.05, 0.1) is 5.69 Å².